The lowest BCUT2D eigenvalue weighted by Gasteiger charge is -2.62. The molecule has 296 valence electrons. The van der Waals surface area contributed by atoms with Crippen molar-refractivity contribution in [1.29, 1.82) is 0 Å². The highest BCUT2D eigenvalue weighted by atomic mass is 16.5. The van der Waals surface area contributed by atoms with E-state index in [2.05, 4.69) is 52.2 Å². The van der Waals surface area contributed by atoms with E-state index < -0.39 is 12.0 Å². The van der Waals surface area contributed by atoms with Gasteiger partial charge in [-0.05, 0) is 139 Å². The number of nitrogens with one attached hydrogen (secondary N) is 2. The fourth-order valence-corrected chi connectivity index (χ4v) is 11.6. The molecule has 0 aliphatic heterocycles. The number of rotatable bonds is 12. The molecule has 8 nitrogen and oxygen atoms in total. The lowest BCUT2D eigenvalue weighted by atomic mass is 9.43. The first-order valence-corrected chi connectivity index (χ1v) is 20.8. The Morgan fingerprint density at radius 1 is 0.852 bits per heavy atom. The summed E-state index contributed by atoms with van der Waals surface area (Å²) >= 11 is 0. The lowest BCUT2D eigenvalue weighted by Crippen LogP contribution is -2.58. The molecule has 0 radical (unpaired) electrons. The van der Waals surface area contributed by atoms with E-state index in [0.717, 1.165) is 62.5 Å². The maximum absolute atomic E-state index is 13.5. The molecule has 2 aromatic rings. The molecule has 0 aromatic heterocycles. The van der Waals surface area contributed by atoms with Gasteiger partial charge < -0.3 is 25.6 Å². The van der Waals surface area contributed by atoms with Crippen LogP contribution in [0.3, 0.4) is 0 Å². The maximum atomic E-state index is 13.5. The van der Waals surface area contributed by atoms with E-state index in [1.165, 1.54) is 0 Å². The second-order valence-electron chi connectivity index (χ2n) is 19.1. The quantitative estimate of drug-likeness (QED) is 0.162. The van der Waals surface area contributed by atoms with Crippen molar-refractivity contribution in [2.75, 3.05) is 5.32 Å². The minimum Gasteiger partial charge on any atom is -0.459 e. The number of aliphatic hydroxyl groups is 2. The van der Waals surface area contributed by atoms with Gasteiger partial charge >= 0.3 is 5.97 Å². The standard InChI is InChI=1S/C46H66N2O6/c1-29(35-16-17-36-42-37(22-24-46(35,36)6)45(5)23-21-34(49)26-32(45)27-39(42)50)15-19-41(52)48-38(43(53)54-28-30-11-8-7-9-12-30)18-20-40(51)47-33-14-10-13-31(25-33)44(2,3)4/h7-14,25,29,32,34-39,42,49-50H,15-24,26-28H2,1-6H3,(H,47,51)(H,48,52)/t29-,32+,34-,35-,36+,37+,38+,39-,42+,45+,46-/m1/s1. The first-order chi connectivity index (χ1) is 25.6. The van der Waals surface area contributed by atoms with Gasteiger partial charge in [-0.1, -0.05) is 84.0 Å². The number of hydrogen-bond donors (Lipinski definition) is 4. The van der Waals surface area contributed by atoms with Crippen LogP contribution in [0.2, 0.25) is 0 Å². The van der Waals surface area contributed by atoms with Crippen molar-refractivity contribution in [1.82, 2.24) is 5.32 Å². The van der Waals surface area contributed by atoms with E-state index in [-0.39, 0.29) is 59.7 Å². The van der Waals surface area contributed by atoms with Crippen LogP contribution in [0.5, 0.6) is 0 Å². The second kappa shape index (κ2) is 16.5. The highest BCUT2D eigenvalue weighted by Gasteiger charge is 2.62. The summed E-state index contributed by atoms with van der Waals surface area (Å²) < 4.78 is 5.65. The van der Waals surface area contributed by atoms with Crippen molar-refractivity contribution >= 4 is 23.5 Å². The number of fused-ring (bicyclic) bond motifs is 5. The molecule has 4 aliphatic rings. The Balaban J connectivity index is 1.06. The molecule has 4 N–H and O–H groups in total. The molecular formula is C46H66N2O6. The normalized spacial score (nSPS) is 33.0. The average Bonchev–Trinajstić information content (AvgIpc) is 3.49. The van der Waals surface area contributed by atoms with Gasteiger partial charge in [0.1, 0.15) is 12.6 Å². The van der Waals surface area contributed by atoms with E-state index in [9.17, 15) is 24.6 Å². The summed E-state index contributed by atoms with van der Waals surface area (Å²) in [6.07, 6.45) is 8.73. The summed E-state index contributed by atoms with van der Waals surface area (Å²) in [6, 6.07) is 16.3. The number of ether oxygens (including phenoxy) is 1. The third kappa shape index (κ3) is 8.75. The van der Waals surface area contributed by atoms with Gasteiger partial charge in [-0.2, -0.15) is 0 Å². The van der Waals surface area contributed by atoms with Crippen LogP contribution in [0.4, 0.5) is 5.69 Å². The molecule has 11 atom stereocenters. The summed E-state index contributed by atoms with van der Waals surface area (Å²) in [4.78, 5) is 40.0. The number of aliphatic hydroxyl groups excluding tert-OH is 2. The van der Waals surface area contributed by atoms with Crippen LogP contribution in [-0.2, 0) is 31.1 Å². The first kappa shape index (κ1) is 40.4. The van der Waals surface area contributed by atoms with Crippen molar-refractivity contribution < 1.29 is 29.3 Å². The van der Waals surface area contributed by atoms with Crippen molar-refractivity contribution in [3.63, 3.8) is 0 Å². The van der Waals surface area contributed by atoms with E-state index >= 15 is 0 Å². The molecule has 0 spiro atoms. The van der Waals surface area contributed by atoms with Crippen LogP contribution in [0.15, 0.2) is 54.6 Å². The topological polar surface area (TPSA) is 125 Å². The van der Waals surface area contributed by atoms with Crippen molar-refractivity contribution in [3.05, 3.63) is 65.7 Å². The molecule has 4 aliphatic carbocycles. The molecule has 54 heavy (non-hydrogen) atoms. The fraction of sp³-hybridized carbons (Fsp3) is 0.674. The summed E-state index contributed by atoms with van der Waals surface area (Å²) in [6.45, 7) is 13.6. The van der Waals surface area contributed by atoms with E-state index in [0.29, 0.717) is 54.0 Å². The van der Waals surface area contributed by atoms with Gasteiger partial charge in [0.2, 0.25) is 11.8 Å². The van der Waals surface area contributed by atoms with E-state index in [1.54, 1.807) is 0 Å². The summed E-state index contributed by atoms with van der Waals surface area (Å²) in [5.41, 5.74) is 2.93. The van der Waals surface area contributed by atoms with Crippen LogP contribution in [0, 0.1) is 46.3 Å². The zero-order valence-electron chi connectivity index (χ0n) is 33.6. The molecule has 6 rings (SSSR count). The Bertz CT molecular complexity index is 1620. The molecule has 4 saturated carbocycles. The number of carbonyl (C=O) groups is 3. The number of hydrogen-bond acceptors (Lipinski definition) is 6. The van der Waals surface area contributed by atoms with Gasteiger partial charge in [0.25, 0.3) is 0 Å². The van der Waals surface area contributed by atoms with Gasteiger partial charge in [0.05, 0.1) is 12.2 Å². The number of anilines is 1. The van der Waals surface area contributed by atoms with E-state index in [1.807, 2.05) is 54.6 Å². The van der Waals surface area contributed by atoms with Crippen molar-refractivity contribution in [2.24, 2.45) is 46.3 Å². The number of benzene rings is 2. The Morgan fingerprint density at radius 3 is 2.30 bits per heavy atom. The smallest absolute Gasteiger partial charge is 0.328 e. The van der Waals surface area contributed by atoms with Gasteiger partial charge in [-0.3, -0.25) is 9.59 Å². The molecule has 0 saturated heterocycles. The zero-order valence-corrected chi connectivity index (χ0v) is 33.6. The molecule has 2 aromatic carbocycles. The second-order valence-corrected chi connectivity index (χ2v) is 19.1. The predicted molar refractivity (Wildman–Crippen MR) is 212 cm³/mol. The van der Waals surface area contributed by atoms with Gasteiger partial charge in [0.15, 0.2) is 0 Å². The third-order valence-corrected chi connectivity index (χ3v) is 14.8. The zero-order chi connectivity index (χ0) is 38.8. The minimum atomic E-state index is -0.939. The Kier molecular flexibility index (Phi) is 12.3. The Labute approximate surface area is 323 Å². The Morgan fingerprint density at radius 2 is 1.56 bits per heavy atom. The van der Waals surface area contributed by atoms with Crippen LogP contribution >= 0.6 is 0 Å². The van der Waals surface area contributed by atoms with Crippen LogP contribution in [0.25, 0.3) is 0 Å². The Hall–Kier alpha value is -3.23. The fourth-order valence-electron chi connectivity index (χ4n) is 11.6. The summed E-state index contributed by atoms with van der Waals surface area (Å²) in [5.74, 6) is 1.50. The molecular weight excluding hydrogens is 677 g/mol. The highest BCUT2D eigenvalue weighted by Crippen LogP contribution is 2.68. The largest absolute Gasteiger partial charge is 0.459 e. The molecule has 0 unspecified atom stereocenters. The molecule has 8 heteroatoms. The van der Waals surface area contributed by atoms with Crippen LogP contribution < -0.4 is 10.6 Å². The third-order valence-electron chi connectivity index (χ3n) is 14.8. The first-order valence-electron chi connectivity index (χ1n) is 20.8. The van der Waals surface area contributed by atoms with E-state index in [4.69, 9.17) is 4.74 Å². The minimum absolute atomic E-state index is 0.0533. The van der Waals surface area contributed by atoms with Gasteiger partial charge in [-0.15, -0.1) is 0 Å². The number of carbonyl (C=O) groups excluding carboxylic acids is 3. The SMILES string of the molecule is C[C@H](CCC(=O)N[C@@H](CCC(=O)Nc1cccc(C(C)(C)C)c1)C(=O)OCc1ccccc1)[C@H]1CC[C@H]2[C@@H]3[C@H](O)C[C@@H]4C[C@H](O)CC[C@]4(C)[C@H]3CC[C@]12C. The molecule has 0 heterocycles. The summed E-state index contributed by atoms with van der Waals surface area (Å²) in [7, 11) is 0. The van der Waals surface area contributed by atoms with Crippen molar-refractivity contribution in [3.8, 4) is 0 Å². The monoisotopic (exact) mass is 742 g/mol. The predicted octanol–water partition coefficient (Wildman–Crippen LogP) is 8.34. The van der Waals surface area contributed by atoms with Crippen molar-refractivity contribution in [2.45, 2.75) is 149 Å². The number of amides is 2. The van der Waals surface area contributed by atoms with Gasteiger partial charge in [0, 0.05) is 18.5 Å². The van der Waals surface area contributed by atoms with Crippen LogP contribution in [-0.4, -0.2) is 46.2 Å². The summed E-state index contributed by atoms with van der Waals surface area (Å²) in [5, 5.41) is 28.0. The molecule has 0 bridgehead atoms. The lowest BCUT2D eigenvalue weighted by molar-refractivity contribution is -0.174. The molecule has 4 fully saturated rings. The number of esters is 1. The van der Waals surface area contributed by atoms with Gasteiger partial charge in [-0.25, -0.2) is 4.79 Å². The highest BCUT2D eigenvalue weighted by molar-refractivity contribution is 5.91. The van der Waals surface area contributed by atoms with Crippen LogP contribution in [0.1, 0.15) is 130 Å². The average molecular weight is 743 g/mol. The maximum Gasteiger partial charge on any atom is 0.328 e. The molecule has 2 amide bonds.